The van der Waals surface area contributed by atoms with Crippen molar-refractivity contribution in [1.29, 1.82) is 0 Å². The number of piperidine rings is 1. The molecule has 1 fully saturated rings. The molecule has 2 aliphatic rings. The van der Waals surface area contributed by atoms with Crippen LogP contribution < -0.4 is 0 Å². The van der Waals surface area contributed by atoms with Crippen molar-refractivity contribution in [1.82, 2.24) is 14.1 Å². The van der Waals surface area contributed by atoms with Gasteiger partial charge in [-0.25, -0.2) is 21.8 Å². The molecular weight excluding hydrogens is 437 g/mol. The monoisotopic (exact) mass is 465 g/mol. The molecule has 33 heavy (non-hydrogen) atoms. The summed E-state index contributed by atoms with van der Waals surface area (Å²) in [5.41, 5.74) is 5.08. The van der Waals surface area contributed by atoms with Crippen LogP contribution in [-0.2, 0) is 22.9 Å². The van der Waals surface area contributed by atoms with E-state index in [4.69, 9.17) is 0 Å². The Hall–Kier alpha value is -2.77. The molecule has 1 saturated heterocycles. The van der Waals surface area contributed by atoms with E-state index in [9.17, 15) is 12.8 Å². The highest BCUT2D eigenvalue weighted by Gasteiger charge is 2.45. The lowest BCUT2D eigenvalue weighted by Gasteiger charge is -2.46. The van der Waals surface area contributed by atoms with Gasteiger partial charge in [0.25, 0.3) is 0 Å². The van der Waals surface area contributed by atoms with Gasteiger partial charge in [-0.05, 0) is 67.2 Å². The molecule has 172 valence electrons. The van der Waals surface area contributed by atoms with Gasteiger partial charge >= 0.3 is 0 Å². The van der Waals surface area contributed by atoms with Gasteiger partial charge < -0.3 is 0 Å². The standard InChI is InChI=1S/C26H28FN3O2S/c1-2-14-33(31,32)29-13-12-22-15-25-21(18-28-30(25)24-10-8-23(27)9-11-24)17-26(22,19-29)16-20-6-4-3-5-7-20/h3-11,15,18H,2,12-14,16-17,19H2,1H3. The summed E-state index contributed by atoms with van der Waals surface area (Å²) in [6.45, 7) is 2.89. The van der Waals surface area contributed by atoms with Gasteiger partial charge in [0.2, 0.25) is 10.0 Å². The lowest BCUT2D eigenvalue weighted by molar-refractivity contribution is 0.209. The van der Waals surface area contributed by atoms with Crippen LogP contribution in [0.25, 0.3) is 11.8 Å². The molecule has 0 N–H and O–H groups in total. The minimum absolute atomic E-state index is 0.182. The fraction of sp³-hybridized carbons (Fsp3) is 0.346. The highest BCUT2D eigenvalue weighted by molar-refractivity contribution is 7.89. The summed E-state index contributed by atoms with van der Waals surface area (Å²) in [7, 11) is -3.28. The lowest BCUT2D eigenvalue weighted by Crippen LogP contribution is -2.50. The second-order valence-corrected chi connectivity index (χ2v) is 11.2. The van der Waals surface area contributed by atoms with Crippen molar-refractivity contribution in [3.05, 3.63) is 89.0 Å². The van der Waals surface area contributed by atoms with Crippen molar-refractivity contribution in [3.63, 3.8) is 0 Å². The van der Waals surface area contributed by atoms with E-state index in [1.165, 1.54) is 23.3 Å². The predicted molar refractivity (Wildman–Crippen MR) is 128 cm³/mol. The Morgan fingerprint density at radius 3 is 2.58 bits per heavy atom. The van der Waals surface area contributed by atoms with Crippen molar-refractivity contribution in [2.45, 2.75) is 32.6 Å². The van der Waals surface area contributed by atoms with Crippen molar-refractivity contribution in [3.8, 4) is 5.69 Å². The predicted octanol–water partition coefficient (Wildman–Crippen LogP) is 4.63. The van der Waals surface area contributed by atoms with E-state index >= 15 is 0 Å². The Labute approximate surface area is 194 Å². The quantitative estimate of drug-likeness (QED) is 0.534. The Morgan fingerprint density at radius 1 is 1.09 bits per heavy atom. The second kappa shape index (κ2) is 8.54. The largest absolute Gasteiger partial charge is 0.233 e. The molecular formula is C26H28FN3O2S. The summed E-state index contributed by atoms with van der Waals surface area (Å²) in [5, 5.41) is 4.61. The lowest BCUT2D eigenvalue weighted by atomic mass is 9.66. The summed E-state index contributed by atoms with van der Waals surface area (Å²) in [6, 6.07) is 16.6. The van der Waals surface area contributed by atoms with Crippen LogP contribution in [0.4, 0.5) is 4.39 Å². The highest BCUT2D eigenvalue weighted by atomic mass is 32.2. The van der Waals surface area contributed by atoms with Crippen LogP contribution in [0.5, 0.6) is 0 Å². The maximum Gasteiger partial charge on any atom is 0.214 e. The first-order chi connectivity index (χ1) is 15.9. The molecule has 7 heteroatoms. The molecule has 1 aliphatic heterocycles. The third-order valence-electron chi connectivity index (χ3n) is 6.83. The van der Waals surface area contributed by atoms with E-state index in [0.29, 0.717) is 25.9 Å². The van der Waals surface area contributed by atoms with E-state index in [0.717, 1.165) is 29.8 Å². The minimum atomic E-state index is -3.28. The van der Waals surface area contributed by atoms with Gasteiger partial charge in [-0.15, -0.1) is 0 Å². The maximum absolute atomic E-state index is 13.4. The third kappa shape index (κ3) is 4.15. The zero-order valence-electron chi connectivity index (χ0n) is 18.7. The Kier molecular flexibility index (Phi) is 5.70. The normalized spacial score (nSPS) is 20.7. The second-order valence-electron chi connectivity index (χ2n) is 9.13. The zero-order valence-corrected chi connectivity index (χ0v) is 19.6. The molecule has 3 aromatic rings. The van der Waals surface area contributed by atoms with Gasteiger partial charge in [-0.1, -0.05) is 42.8 Å². The smallest absolute Gasteiger partial charge is 0.214 e. The number of hydrogen-bond donors (Lipinski definition) is 0. The summed E-state index contributed by atoms with van der Waals surface area (Å²) in [4.78, 5) is 0. The molecule has 2 aromatic carbocycles. The molecule has 1 atom stereocenters. The van der Waals surface area contributed by atoms with Crippen molar-refractivity contribution in [2.24, 2.45) is 5.41 Å². The van der Waals surface area contributed by atoms with Gasteiger partial charge in [0.05, 0.1) is 23.3 Å². The van der Waals surface area contributed by atoms with Gasteiger partial charge in [-0.2, -0.15) is 5.10 Å². The number of aromatic nitrogens is 2. The van der Waals surface area contributed by atoms with E-state index in [1.54, 1.807) is 16.4 Å². The topological polar surface area (TPSA) is 55.2 Å². The van der Waals surface area contributed by atoms with E-state index in [2.05, 4.69) is 23.3 Å². The van der Waals surface area contributed by atoms with Crippen LogP contribution in [0.15, 0.2) is 66.4 Å². The molecule has 1 unspecified atom stereocenters. The van der Waals surface area contributed by atoms with Crippen LogP contribution in [0, 0.1) is 11.2 Å². The Morgan fingerprint density at radius 2 is 1.85 bits per heavy atom. The van der Waals surface area contributed by atoms with Crippen LogP contribution in [-0.4, -0.2) is 41.3 Å². The average Bonchev–Trinajstić information content (AvgIpc) is 3.20. The first-order valence-electron chi connectivity index (χ1n) is 11.5. The molecule has 0 spiro atoms. The molecule has 0 amide bonds. The van der Waals surface area contributed by atoms with E-state index < -0.39 is 10.0 Å². The highest BCUT2D eigenvalue weighted by Crippen LogP contribution is 2.47. The summed E-state index contributed by atoms with van der Waals surface area (Å²) < 4.78 is 42.9. The molecule has 0 bridgehead atoms. The van der Waals surface area contributed by atoms with Gasteiger partial charge in [0, 0.05) is 18.5 Å². The first-order valence-corrected chi connectivity index (χ1v) is 13.1. The fourth-order valence-electron chi connectivity index (χ4n) is 5.27. The Bertz CT molecular complexity index is 1280. The number of hydrogen-bond acceptors (Lipinski definition) is 3. The summed E-state index contributed by atoms with van der Waals surface area (Å²) in [6.07, 6.45) is 6.88. The number of sulfonamides is 1. The summed E-state index contributed by atoms with van der Waals surface area (Å²) in [5.74, 6) is -0.0954. The van der Waals surface area contributed by atoms with Crippen LogP contribution in [0.1, 0.15) is 36.6 Å². The van der Waals surface area contributed by atoms with Crippen molar-refractivity contribution in [2.75, 3.05) is 18.8 Å². The van der Waals surface area contributed by atoms with Gasteiger partial charge in [-0.3, -0.25) is 0 Å². The number of fused-ring (bicyclic) bond motifs is 2. The van der Waals surface area contributed by atoms with Crippen LogP contribution >= 0.6 is 0 Å². The number of rotatable bonds is 6. The zero-order chi connectivity index (χ0) is 23.1. The first kappa shape index (κ1) is 22.0. The van der Waals surface area contributed by atoms with Crippen molar-refractivity contribution >= 4 is 16.1 Å². The average molecular weight is 466 g/mol. The summed E-state index contributed by atoms with van der Waals surface area (Å²) >= 11 is 0. The molecule has 5 nitrogen and oxygen atoms in total. The molecule has 0 saturated carbocycles. The van der Waals surface area contributed by atoms with Crippen LogP contribution in [0.2, 0.25) is 0 Å². The number of nitrogens with zero attached hydrogens (tertiary/aromatic N) is 3. The van der Waals surface area contributed by atoms with Gasteiger partial charge in [0.1, 0.15) is 5.82 Å². The number of benzene rings is 2. The van der Waals surface area contributed by atoms with E-state index in [1.807, 2.05) is 36.0 Å². The molecule has 0 radical (unpaired) electrons. The molecule has 1 aromatic heterocycles. The molecule has 5 rings (SSSR count). The van der Waals surface area contributed by atoms with Crippen LogP contribution in [0.3, 0.4) is 0 Å². The maximum atomic E-state index is 13.4. The SMILES string of the molecule is CCCS(=O)(=O)N1CCC2=Cc3c(cnn3-c3ccc(F)cc3)CC2(Cc2ccccc2)C1. The minimum Gasteiger partial charge on any atom is -0.233 e. The molecule has 2 heterocycles. The van der Waals surface area contributed by atoms with E-state index in [-0.39, 0.29) is 17.0 Å². The van der Waals surface area contributed by atoms with Gasteiger partial charge in [0.15, 0.2) is 0 Å². The third-order valence-corrected chi connectivity index (χ3v) is 8.85. The number of halogens is 1. The Balaban J connectivity index is 1.56. The molecule has 1 aliphatic carbocycles. The van der Waals surface area contributed by atoms with Crippen molar-refractivity contribution < 1.29 is 12.8 Å². The fourth-order valence-corrected chi connectivity index (χ4v) is 6.85.